The molecule has 34 heavy (non-hydrogen) atoms. The average Bonchev–Trinajstić information content (AvgIpc) is 3.26. The van der Waals surface area contributed by atoms with Gasteiger partial charge >= 0.3 is 0 Å². The highest BCUT2D eigenvalue weighted by Crippen LogP contribution is 2.44. The van der Waals surface area contributed by atoms with Gasteiger partial charge in [-0.2, -0.15) is 4.31 Å². The average molecular weight is 496 g/mol. The maximum atomic E-state index is 13.2. The van der Waals surface area contributed by atoms with Gasteiger partial charge in [-0.3, -0.25) is 9.69 Å². The lowest BCUT2D eigenvalue weighted by atomic mass is 10.1. The first-order valence-corrected chi connectivity index (χ1v) is 13.6. The van der Waals surface area contributed by atoms with E-state index in [0.717, 1.165) is 5.69 Å². The second kappa shape index (κ2) is 9.32. The zero-order valence-electron chi connectivity index (χ0n) is 18.4. The number of phenols is 1. The summed E-state index contributed by atoms with van der Waals surface area (Å²) in [6.45, 7) is 2.08. The van der Waals surface area contributed by atoms with Gasteiger partial charge in [-0.15, -0.1) is 11.8 Å². The topological polar surface area (TPSA) is 81.2 Å². The maximum absolute atomic E-state index is 13.2. The minimum Gasteiger partial charge on any atom is -0.508 e. The van der Waals surface area contributed by atoms with E-state index >= 15 is 0 Å². The molecule has 2 aliphatic rings. The van der Waals surface area contributed by atoms with E-state index < -0.39 is 10.0 Å². The highest BCUT2D eigenvalue weighted by atomic mass is 32.2. The molecule has 1 atom stereocenters. The molecule has 2 heterocycles. The molecule has 2 aliphatic heterocycles. The predicted octanol–water partition coefficient (Wildman–Crippen LogP) is 3.68. The van der Waals surface area contributed by atoms with Gasteiger partial charge in [0, 0.05) is 43.1 Å². The van der Waals surface area contributed by atoms with Crippen molar-refractivity contribution in [2.24, 2.45) is 0 Å². The van der Waals surface area contributed by atoms with Crippen LogP contribution >= 0.6 is 11.8 Å². The first kappa shape index (κ1) is 22.8. The van der Waals surface area contributed by atoms with Crippen molar-refractivity contribution in [3.8, 4) is 5.75 Å². The molecule has 2 saturated heterocycles. The summed E-state index contributed by atoms with van der Waals surface area (Å²) < 4.78 is 28.0. The molecule has 0 radical (unpaired) electrons. The molecule has 7 nitrogen and oxygen atoms in total. The van der Waals surface area contributed by atoms with Crippen LogP contribution in [-0.2, 0) is 14.8 Å². The molecule has 9 heteroatoms. The van der Waals surface area contributed by atoms with Crippen LogP contribution in [0.15, 0.2) is 83.8 Å². The number of piperazine rings is 1. The van der Waals surface area contributed by atoms with E-state index in [0.29, 0.717) is 43.2 Å². The number of para-hydroxylation sites is 2. The van der Waals surface area contributed by atoms with Crippen LogP contribution in [0.1, 0.15) is 10.9 Å². The molecule has 3 aromatic carbocycles. The van der Waals surface area contributed by atoms with Crippen molar-refractivity contribution in [1.29, 1.82) is 0 Å². The smallest absolute Gasteiger partial charge is 0.243 e. The van der Waals surface area contributed by atoms with E-state index in [9.17, 15) is 18.3 Å². The Bertz CT molecular complexity index is 1280. The molecule has 1 N–H and O–H groups in total. The number of hydrogen-bond acceptors (Lipinski definition) is 6. The third-order valence-electron chi connectivity index (χ3n) is 6.18. The lowest BCUT2D eigenvalue weighted by molar-refractivity contribution is -0.115. The summed E-state index contributed by atoms with van der Waals surface area (Å²) in [5.74, 6) is 0.351. The van der Waals surface area contributed by atoms with E-state index in [2.05, 4.69) is 4.90 Å². The number of hydrogen-bond donors (Lipinski definition) is 1. The fraction of sp³-hybridized carbons (Fsp3) is 0.240. The summed E-state index contributed by atoms with van der Waals surface area (Å²) in [4.78, 5) is 16.7. The van der Waals surface area contributed by atoms with Crippen LogP contribution in [0.5, 0.6) is 5.75 Å². The van der Waals surface area contributed by atoms with Crippen molar-refractivity contribution in [3.63, 3.8) is 0 Å². The van der Waals surface area contributed by atoms with Gasteiger partial charge in [0.05, 0.1) is 10.6 Å². The van der Waals surface area contributed by atoms with Gasteiger partial charge in [-0.1, -0.05) is 36.4 Å². The number of sulfonamides is 1. The van der Waals surface area contributed by atoms with E-state index in [4.69, 9.17) is 0 Å². The zero-order valence-corrected chi connectivity index (χ0v) is 20.1. The second-order valence-corrected chi connectivity index (χ2v) is 11.2. The summed E-state index contributed by atoms with van der Waals surface area (Å²) >= 11 is 1.44. The molecular weight excluding hydrogens is 470 g/mol. The molecule has 1 unspecified atom stereocenters. The third kappa shape index (κ3) is 4.26. The molecule has 0 aliphatic carbocycles. The fourth-order valence-electron chi connectivity index (χ4n) is 4.38. The van der Waals surface area contributed by atoms with Crippen molar-refractivity contribution < 1.29 is 18.3 Å². The monoisotopic (exact) mass is 495 g/mol. The quantitative estimate of drug-likeness (QED) is 0.582. The normalized spacial score (nSPS) is 19.5. The Morgan fingerprint density at radius 2 is 1.44 bits per heavy atom. The number of benzene rings is 3. The SMILES string of the molecule is O=C1CSC(c2ccccc2O)N1c1ccc(S(=O)(=O)N2CCN(c3ccccc3)CC2)cc1. The van der Waals surface area contributed by atoms with Crippen LogP contribution in [-0.4, -0.2) is 55.7 Å². The molecule has 176 valence electrons. The second-order valence-electron chi connectivity index (χ2n) is 8.21. The Morgan fingerprint density at radius 1 is 0.794 bits per heavy atom. The molecule has 0 bridgehead atoms. The van der Waals surface area contributed by atoms with Crippen LogP contribution in [0.4, 0.5) is 11.4 Å². The van der Waals surface area contributed by atoms with Gasteiger partial charge in [-0.05, 0) is 42.5 Å². The van der Waals surface area contributed by atoms with Crippen LogP contribution in [0.2, 0.25) is 0 Å². The first-order valence-electron chi connectivity index (χ1n) is 11.1. The molecular formula is C25H25N3O4S2. The Morgan fingerprint density at radius 3 is 2.12 bits per heavy atom. The Labute approximate surface area is 203 Å². The maximum Gasteiger partial charge on any atom is 0.243 e. The van der Waals surface area contributed by atoms with E-state index in [1.54, 1.807) is 47.4 Å². The van der Waals surface area contributed by atoms with Gasteiger partial charge in [-0.25, -0.2) is 8.42 Å². The van der Waals surface area contributed by atoms with Crippen molar-refractivity contribution >= 4 is 39.1 Å². The van der Waals surface area contributed by atoms with Crippen molar-refractivity contribution in [2.45, 2.75) is 10.3 Å². The minimum absolute atomic E-state index is 0.0779. The fourth-order valence-corrected chi connectivity index (χ4v) is 7.01. The Balaban J connectivity index is 1.32. The molecule has 0 saturated carbocycles. The van der Waals surface area contributed by atoms with Gasteiger partial charge < -0.3 is 10.0 Å². The van der Waals surface area contributed by atoms with Crippen LogP contribution in [0.25, 0.3) is 0 Å². The van der Waals surface area contributed by atoms with Crippen LogP contribution in [0.3, 0.4) is 0 Å². The van der Waals surface area contributed by atoms with Gasteiger partial charge in [0.1, 0.15) is 11.1 Å². The van der Waals surface area contributed by atoms with Crippen molar-refractivity contribution in [3.05, 3.63) is 84.4 Å². The summed E-state index contributed by atoms with van der Waals surface area (Å²) in [5, 5.41) is 9.91. The number of thioether (sulfide) groups is 1. The highest BCUT2D eigenvalue weighted by Gasteiger charge is 2.36. The summed E-state index contributed by atoms with van der Waals surface area (Å²) in [6.07, 6.45) is 0. The standard InChI is InChI=1S/C25H25N3O4S2/c29-23-9-5-4-8-22(23)25-28(24(30)18-33-25)20-10-12-21(13-11-20)34(31,32)27-16-14-26(15-17-27)19-6-2-1-3-7-19/h1-13,25,29H,14-18H2. The van der Waals surface area contributed by atoms with Gasteiger partial charge in [0.25, 0.3) is 0 Å². The summed E-state index contributed by atoms with van der Waals surface area (Å²) in [7, 11) is -3.64. The van der Waals surface area contributed by atoms with E-state index in [-0.39, 0.29) is 21.9 Å². The third-order valence-corrected chi connectivity index (χ3v) is 9.29. The summed E-state index contributed by atoms with van der Waals surface area (Å²) in [6, 6.07) is 23.4. The molecule has 2 fully saturated rings. The van der Waals surface area contributed by atoms with Crippen LogP contribution < -0.4 is 9.80 Å². The molecule has 5 rings (SSSR count). The van der Waals surface area contributed by atoms with Gasteiger partial charge in [0.15, 0.2) is 0 Å². The van der Waals surface area contributed by atoms with E-state index in [1.165, 1.54) is 16.1 Å². The highest BCUT2D eigenvalue weighted by molar-refractivity contribution is 8.00. The number of rotatable bonds is 5. The molecule has 3 aromatic rings. The lowest BCUT2D eigenvalue weighted by Gasteiger charge is -2.35. The predicted molar refractivity (Wildman–Crippen MR) is 135 cm³/mol. The minimum atomic E-state index is -3.64. The van der Waals surface area contributed by atoms with Crippen molar-refractivity contribution in [2.75, 3.05) is 41.7 Å². The largest absolute Gasteiger partial charge is 0.508 e. The number of nitrogens with zero attached hydrogens (tertiary/aromatic N) is 3. The van der Waals surface area contributed by atoms with Crippen LogP contribution in [0, 0.1) is 0 Å². The van der Waals surface area contributed by atoms with Crippen molar-refractivity contribution in [1.82, 2.24) is 4.31 Å². The number of carbonyl (C=O) groups is 1. The number of phenolic OH excluding ortho intramolecular Hbond substituents is 1. The number of carbonyl (C=O) groups excluding carboxylic acids is 1. The molecule has 0 aromatic heterocycles. The number of anilines is 2. The van der Waals surface area contributed by atoms with E-state index in [1.807, 2.05) is 36.4 Å². The Hall–Kier alpha value is -3.01. The number of aromatic hydroxyl groups is 1. The lowest BCUT2D eigenvalue weighted by Crippen LogP contribution is -2.48. The van der Waals surface area contributed by atoms with Gasteiger partial charge in [0.2, 0.25) is 15.9 Å². The molecule has 0 spiro atoms. The first-order chi connectivity index (χ1) is 16.4. The zero-order chi connectivity index (χ0) is 23.7. The Kier molecular flexibility index (Phi) is 6.24. The number of amides is 1. The molecule has 1 amide bonds. The summed E-state index contributed by atoms with van der Waals surface area (Å²) in [5.41, 5.74) is 2.36.